The molecule has 1 saturated carbocycles. The lowest BCUT2D eigenvalue weighted by Gasteiger charge is -2.23. The number of nitrogens with zero attached hydrogens (tertiary/aromatic N) is 1. The smallest absolute Gasteiger partial charge is 0.355 e. The number of allylic oxidation sites excluding steroid dienone is 1. The van der Waals surface area contributed by atoms with Gasteiger partial charge in [-0.05, 0) is 44.9 Å². The molecule has 1 aliphatic rings. The van der Waals surface area contributed by atoms with E-state index in [2.05, 4.69) is 4.98 Å². The van der Waals surface area contributed by atoms with Gasteiger partial charge >= 0.3 is 5.97 Å². The number of aromatic carboxylic acids is 1. The van der Waals surface area contributed by atoms with Crippen molar-refractivity contribution < 1.29 is 33.0 Å². The second kappa shape index (κ2) is 11.3. The molecule has 0 saturated heterocycles. The monoisotopic (exact) mass is 465 g/mol. The lowest BCUT2D eigenvalue weighted by molar-refractivity contribution is -0.121. The highest BCUT2D eigenvalue weighted by atomic mass is 32.2. The number of hydrogen-bond donors (Lipinski definition) is 2. The Balaban J connectivity index is 1.81. The van der Waals surface area contributed by atoms with Gasteiger partial charge in [0.1, 0.15) is 5.78 Å². The maximum Gasteiger partial charge on any atom is 0.355 e. The molecule has 1 heterocycles. The fourth-order valence-corrected chi connectivity index (χ4v) is 5.30. The molecule has 2 rings (SSSR count). The molecule has 0 aliphatic heterocycles. The number of rotatable bonds is 12. The van der Waals surface area contributed by atoms with Crippen molar-refractivity contribution in [3.63, 3.8) is 0 Å². The van der Waals surface area contributed by atoms with E-state index in [1.807, 2.05) is 6.08 Å². The molecule has 4 atom stereocenters. The zero-order valence-electron chi connectivity index (χ0n) is 16.6. The van der Waals surface area contributed by atoms with E-state index in [0.29, 0.717) is 29.4 Å². The summed E-state index contributed by atoms with van der Waals surface area (Å²) in [5.41, 5.74) is -1.27. The third-order valence-corrected chi connectivity index (χ3v) is 7.24. The molecule has 30 heavy (non-hydrogen) atoms. The minimum Gasteiger partial charge on any atom is -0.476 e. The molecule has 168 valence electrons. The van der Waals surface area contributed by atoms with E-state index < -0.39 is 30.6 Å². The van der Waals surface area contributed by atoms with Crippen LogP contribution in [-0.2, 0) is 4.79 Å². The Kier molecular flexibility index (Phi) is 9.36. The summed E-state index contributed by atoms with van der Waals surface area (Å²) in [6, 6.07) is 0. The number of ketones is 1. The van der Waals surface area contributed by atoms with E-state index >= 15 is 0 Å². The molecule has 0 spiro atoms. The quantitative estimate of drug-likeness (QED) is 0.334. The average Bonchev–Trinajstić information content (AvgIpc) is 3.28. The highest BCUT2D eigenvalue weighted by molar-refractivity contribution is 8.01. The first-order chi connectivity index (χ1) is 14.1. The fourth-order valence-electron chi connectivity index (χ4n) is 3.41. The Labute approximate surface area is 181 Å². The third kappa shape index (κ3) is 7.70. The first-order valence-electron chi connectivity index (χ1n) is 9.74. The molecule has 0 aromatic carbocycles. The van der Waals surface area contributed by atoms with Crippen molar-refractivity contribution in [3.05, 3.63) is 23.2 Å². The molecule has 1 aliphatic carbocycles. The van der Waals surface area contributed by atoms with Crippen LogP contribution < -0.4 is 0 Å². The van der Waals surface area contributed by atoms with Crippen LogP contribution in [0.4, 0.5) is 13.2 Å². The Hall–Kier alpha value is -1.39. The van der Waals surface area contributed by atoms with Crippen molar-refractivity contribution in [1.29, 1.82) is 0 Å². The molecule has 0 amide bonds. The van der Waals surface area contributed by atoms with Crippen molar-refractivity contribution >= 4 is 34.9 Å². The second-order valence-corrected chi connectivity index (χ2v) is 9.93. The summed E-state index contributed by atoms with van der Waals surface area (Å²) in [7, 11) is 0. The van der Waals surface area contributed by atoms with Gasteiger partial charge in [-0.1, -0.05) is 23.9 Å². The minimum absolute atomic E-state index is 0.0138. The van der Waals surface area contributed by atoms with Crippen LogP contribution in [0.25, 0.3) is 0 Å². The first-order valence-corrected chi connectivity index (χ1v) is 11.6. The Morgan fingerprint density at radius 3 is 2.83 bits per heavy atom. The molecule has 5 nitrogen and oxygen atoms in total. The van der Waals surface area contributed by atoms with Gasteiger partial charge in [0.2, 0.25) is 0 Å². The molecular weight excluding hydrogens is 439 g/mol. The number of Topliss-reactive ketones (excluding diaryl/α,β-unsaturated/α-hetero) is 1. The van der Waals surface area contributed by atoms with Gasteiger partial charge in [-0.25, -0.2) is 22.9 Å². The van der Waals surface area contributed by atoms with Gasteiger partial charge in [0.05, 0.1) is 5.60 Å². The summed E-state index contributed by atoms with van der Waals surface area (Å²) < 4.78 is 38.2. The largest absolute Gasteiger partial charge is 0.476 e. The summed E-state index contributed by atoms with van der Waals surface area (Å²) in [5, 5.41) is 20.6. The van der Waals surface area contributed by atoms with Crippen molar-refractivity contribution in [2.24, 2.45) is 11.8 Å². The van der Waals surface area contributed by atoms with Crippen LogP contribution in [0.5, 0.6) is 0 Å². The van der Waals surface area contributed by atoms with Crippen LogP contribution in [0, 0.1) is 11.8 Å². The number of carboxylic acids is 1. The van der Waals surface area contributed by atoms with Crippen molar-refractivity contribution in [2.75, 3.05) is 5.75 Å². The highest BCUT2D eigenvalue weighted by Crippen LogP contribution is 2.35. The van der Waals surface area contributed by atoms with Gasteiger partial charge in [0.25, 0.3) is 6.43 Å². The van der Waals surface area contributed by atoms with E-state index in [1.54, 1.807) is 6.08 Å². The predicted molar refractivity (Wildman–Crippen MR) is 110 cm³/mol. The van der Waals surface area contributed by atoms with Gasteiger partial charge in [-0.2, -0.15) is 0 Å². The van der Waals surface area contributed by atoms with Crippen LogP contribution >= 0.6 is 23.1 Å². The lowest BCUT2D eigenvalue weighted by atomic mass is 9.90. The highest BCUT2D eigenvalue weighted by Gasteiger charge is 2.33. The normalized spacial score (nSPS) is 22.7. The topological polar surface area (TPSA) is 87.5 Å². The number of carbonyl (C=O) groups is 2. The average molecular weight is 466 g/mol. The number of carbonyl (C=O) groups excluding carboxylic acids is 1. The Bertz CT molecular complexity index is 754. The molecule has 1 unspecified atom stereocenters. The van der Waals surface area contributed by atoms with Crippen molar-refractivity contribution in [3.8, 4) is 0 Å². The van der Waals surface area contributed by atoms with Gasteiger partial charge in [0.15, 0.2) is 16.2 Å². The third-order valence-electron chi connectivity index (χ3n) is 5.18. The standard InChI is InChI=1S/C20H26F3NO4S2/c1-20(28,9-6-14(21)17(22)23)8-2-3-12-4-5-16(25)13(12)7-10-29-19-24-15(11-30-19)18(26)27/h2-3,11-14,17,28H,4-10H2,1H3,(H,26,27)/b3-2+/t12-,13+,14?,20+/m0/s1. The van der Waals surface area contributed by atoms with Crippen LogP contribution in [0.2, 0.25) is 0 Å². The van der Waals surface area contributed by atoms with Crippen molar-refractivity contribution in [1.82, 2.24) is 4.98 Å². The summed E-state index contributed by atoms with van der Waals surface area (Å²) in [5.74, 6) is -0.362. The maximum atomic E-state index is 13.0. The summed E-state index contributed by atoms with van der Waals surface area (Å²) >= 11 is 2.68. The molecule has 1 aromatic rings. The van der Waals surface area contributed by atoms with E-state index in [1.165, 1.54) is 35.4 Å². The van der Waals surface area contributed by atoms with E-state index in [-0.39, 0.29) is 36.2 Å². The van der Waals surface area contributed by atoms with E-state index in [9.17, 15) is 27.9 Å². The molecule has 1 aromatic heterocycles. The van der Waals surface area contributed by atoms with Crippen LogP contribution in [-0.4, -0.2) is 50.9 Å². The van der Waals surface area contributed by atoms with Gasteiger partial charge < -0.3 is 10.2 Å². The van der Waals surface area contributed by atoms with Gasteiger partial charge in [-0.3, -0.25) is 4.79 Å². The maximum absolute atomic E-state index is 13.0. The summed E-state index contributed by atoms with van der Waals surface area (Å²) in [6.45, 7) is 1.49. The predicted octanol–water partition coefficient (Wildman–Crippen LogP) is 5.00. The molecule has 2 N–H and O–H groups in total. The Morgan fingerprint density at radius 1 is 1.47 bits per heavy atom. The molecule has 10 heteroatoms. The van der Waals surface area contributed by atoms with E-state index in [4.69, 9.17) is 5.11 Å². The minimum atomic E-state index is -3.04. The number of carboxylic acid groups (broad SMARTS) is 1. The van der Waals surface area contributed by atoms with Crippen LogP contribution in [0.3, 0.4) is 0 Å². The lowest BCUT2D eigenvalue weighted by Crippen LogP contribution is -2.26. The van der Waals surface area contributed by atoms with Crippen molar-refractivity contribution in [2.45, 2.75) is 68.0 Å². The van der Waals surface area contributed by atoms with Crippen LogP contribution in [0.1, 0.15) is 55.9 Å². The first kappa shape index (κ1) is 24.9. The van der Waals surface area contributed by atoms with Gasteiger partial charge in [-0.15, -0.1) is 11.3 Å². The van der Waals surface area contributed by atoms with Crippen LogP contribution in [0.15, 0.2) is 21.9 Å². The number of alkyl halides is 3. The zero-order valence-corrected chi connectivity index (χ0v) is 18.2. The molecule has 0 radical (unpaired) electrons. The van der Waals surface area contributed by atoms with Gasteiger partial charge in [0, 0.05) is 23.5 Å². The number of thioether (sulfide) groups is 1. The Morgan fingerprint density at radius 2 is 2.20 bits per heavy atom. The number of aromatic nitrogens is 1. The number of aliphatic hydroxyl groups is 1. The molecular formula is C20H26F3NO4S2. The molecule has 1 fully saturated rings. The number of hydrogen-bond acceptors (Lipinski definition) is 6. The number of thiazole rings is 1. The van der Waals surface area contributed by atoms with E-state index in [0.717, 1.165) is 0 Å². The second-order valence-electron chi connectivity index (χ2n) is 7.73. The number of halogens is 3. The molecule has 0 bridgehead atoms. The summed E-state index contributed by atoms with van der Waals surface area (Å²) in [6.07, 6.45) is -0.0803. The SMILES string of the molecule is C[C@@](O)(C/C=C/[C@H]1CCC(=O)[C@@H]1CCSc1nc(C(=O)O)cs1)CCC(F)C(F)F. The summed E-state index contributed by atoms with van der Waals surface area (Å²) in [4.78, 5) is 27.1. The zero-order chi connectivity index (χ0) is 22.3. The fraction of sp³-hybridized carbons (Fsp3) is 0.650.